The van der Waals surface area contributed by atoms with Gasteiger partial charge in [-0.1, -0.05) is 0 Å². The summed E-state index contributed by atoms with van der Waals surface area (Å²) >= 11 is 0. The maximum Gasteiger partial charge on any atom is 0.218 e. The molecule has 0 atom stereocenters. The Morgan fingerprint density at radius 3 is 2.29 bits per heavy atom. The first-order chi connectivity index (χ1) is 7.87. The molecular weight excluding hydrogens is 243 g/mol. The molecule has 17 heavy (non-hydrogen) atoms. The predicted octanol–water partition coefficient (Wildman–Crippen LogP) is 1.53. The monoisotopic (exact) mass is 254 g/mol. The Morgan fingerprint density at radius 2 is 1.88 bits per heavy atom. The topological polar surface area (TPSA) is 61.2 Å². The number of nitrogens with zero attached hydrogens (tertiary/aromatic N) is 2. The van der Waals surface area contributed by atoms with Crippen LogP contribution >= 0.6 is 0 Å². The number of rotatable bonds is 3. The van der Waals surface area contributed by atoms with Crippen LogP contribution in [0.2, 0.25) is 0 Å². The zero-order valence-corrected chi connectivity index (χ0v) is 10.2. The molecule has 0 aromatic heterocycles. The highest BCUT2D eigenvalue weighted by Crippen LogP contribution is 2.19. The fourth-order valence-electron chi connectivity index (χ4n) is 1.13. The van der Waals surface area contributed by atoms with Gasteiger partial charge in [0.2, 0.25) is 9.84 Å². The lowest BCUT2D eigenvalue weighted by Crippen LogP contribution is -2.09. The molecule has 1 aromatic rings. The maximum atomic E-state index is 12.7. The van der Waals surface area contributed by atoms with Crippen molar-refractivity contribution in [3.8, 4) is 6.07 Å². The van der Waals surface area contributed by atoms with Crippen LogP contribution in [0.3, 0.4) is 0 Å². The molecule has 0 saturated heterocycles. The lowest BCUT2D eigenvalue weighted by molar-refractivity contribution is 0.559. The van der Waals surface area contributed by atoms with Gasteiger partial charge in [-0.3, -0.25) is 0 Å². The second-order valence-corrected chi connectivity index (χ2v) is 5.44. The Bertz CT molecular complexity index is 568. The minimum absolute atomic E-state index is 0.103. The van der Waals surface area contributed by atoms with E-state index in [2.05, 4.69) is 0 Å². The lowest BCUT2D eigenvalue weighted by atomic mass is 10.4. The SMILES string of the molecule is CN(C)/C=C(/C#N)S(=O)(=O)c1ccc(F)cc1. The first kappa shape index (κ1) is 13.2. The fourth-order valence-corrected chi connectivity index (χ4v) is 2.35. The lowest BCUT2D eigenvalue weighted by Gasteiger charge is -2.07. The van der Waals surface area contributed by atoms with E-state index < -0.39 is 15.7 Å². The second-order valence-electron chi connectivity index (χ2n) is 3.53. The van der Waals surface area contributed by atoms with Gasteiger partial charge in [-0.25, -0.2) is 12.8 Å². The third kappa shape index (κ3) is 3.04. The van der Waals surface area contributed by atoms with Crippen LogP contribution in [0.15, 0.2) is 40.3 Å². The van der Waals surface area contributed by atoms with Crippen LogP contribution in [0, 0.1) is 17.1 Å². The summed E-state index contributed by atoms with van der Waals surface area (Å²) in [4.78, 5) is 0.974. The van der Waals surface area contributed by atoms with Crippen molar-refractivity contribution < 1.29 is 12.8 Å². The molecular formula is C11H11FN2O2S. The summed E-state index contributed by atoms with van der Waals surface area (Å²) in [5, 5.41) is 8.83. The van der Waals surface area contributed by atoms with Crippen LogP contribution < -0.4 is 0 Å². The van der Waals surface area contributed by atoms with E-state index in [1.807, 2.05) is 0 Å². The summed E-state index contributed by atoms with van der Waals surface area (Å²) in [6.07, 6.45) is 1.21. The summed E-state index contributed by atoms with van der Waals surface area (Å²) < 4.78 is 36.6. The van der Waals surface area contributed by atoms with Crippen LogP contribution in [0.1, 0.15) is 0 Å². The molecule has 0 saturated carbocycles. The van der Waals surface area contributed by atoms with Crippen LogP contribution in [0.25, 0.3) is 0 Å². The highest BCUT2D eigenvalue weighted by Gasteiger charge is 2.20. The molecule has 0 spiro atoms. The molecule has 6 heteroatoms. The van der Waals surface area contributed by atoms with Crippen molar-refractivity contribution in [3.63, 3.8) is 0 Å². The second kappa shape index (κ2) is 4.97. The first-order valence-electron chi connectivity index (χ1n) is 4.67. The molecule has 0 amide bonds. The Labute approximate surface area is 99.5 Å². The van der Waals surface area contributed by atoms with Crippen LogP contribution in [0.5, 0.6) is 0 Å². The average Bonchev–Trinajstić information content (AvgIpc) is 2.26. The number of nitriles is 1. The maximum absolute atomic E-state index is 12.7. The van der Waals surface area contributed by atoms with Crippen molar-refractivity contribution in [1.29, 1.82) is 5.26 Å². The summed E-state index contributed by atoms with van der Waals surface area (Å²) in [6, 6.07) is 5.96. The van der Waals surface area contributed by atoms with Gasteiger partial charge in [0.25, 0.3) is 0 Å². The van der Waals surface area contributed by atoms with Crippen molar-refractivity contribution in [3.05, 3.63) is 41.2 Å². The summed E-state index contributed by atoms with van der Waals surface area (Å²) in [6.45, 7) is 0. The van der Waals surface area contributed by atoms with Gasteiger partial charge in [-0.15, -0.1) is 0 Å². The Hall–Kier alpha value is -1.87. The van der Waals surface area contributed by atoms with Crippen molar-refractivity contribution in [2.24, 2.45) is 0 Å². The fraction of sp³-hybridized carbons (Fsp3) is 0.182. The molecule has 0 bridgehead atoms. The Balaban J connectivity index is 3.29. The Kier molecular flexibility index (Phi) is 3.86. The number of hydrogen-bond acceptors (Lipinski definition) is 4. The van der Waals surface area contributed by atoms with Crippen molar-refractivity contribution in [2.45, 2.75) is 4.90 Å². The zero-order chi connectivity index (χ0) is 13.1. The van der Waals surface area contributed by atoms with Crippen molar-refractivity contribution in [2.75, 3.05) is 14.1 Å². The summed E-state index contributed by atoms with van der Waals surface area (Å²) in [5.41, 5.74) is 0. The van der Waals surface area contributed by atoms with Crippen LogP contribution in [-0.4, -0.2) is 27.4 Å². The van der Waals surface area contributed by atoms with E-state index in [0.29, 0.717) is 0 Å². The van der Waals surface area contributed by atoms with E-state index in [4.69, 9.17) is 5.26 Å². The molecule has 0 aliphatic rings. The predicted molar refractivity (Wildman–Crippen MR) is 61.0 cm³/mol. The molecule has 1 rings (SSSR count). The van der Waals surface area contributed by atoms with Gasteiger partial charge in [0.1, 0.15) is 11.9 Å². The number of sulfone groups is 1. The molecule has 90 valence electrons. The molecule has 0 aliphatic heterocycles. The van der Waals surface area contributed by atoms with E-state index in [0.717, 1.165) is 24.3 Å². The third-order valence-electron chi connectivity index (χ3n) is 1.90. The van der Waals surface area contributed by atoms with E-state index in [-0.39, 0.29) is 9.80 Å². The van der Waals surface area contributed by atoms with Gasteiger partial charge in [0, 0.05) is 20.3 Å². The van der Waals surface area contributed by atoms with Crippen molar-refractivity contribution in [1.82, 2.24) is 4.90 Å². The van der Waals surface area contributed by atoms with Crippen LogP contribution in [-0.2, 0) is 9.84 Å². The van der Waals surface area contributed by atoms with Gasteiger partial charge < -0.3 is 4.90 Å². The van der Waals surface area contributed by atoms with Crippen LogP contribution in [0.4, 0.5) is 4.39 Å². The quantitative estimate of drug-likeness (QED) is 0.606. The third-order valence-corrected chi connectivity index (χ3v) is 3.57. The molecule has 0 heterocycles. The average molecular weight is 254 g/mol. The van der Waals surface area contributed by atoms with Gasteiger partial charge in [0.15, 0.2) is 4.91 Å². The summed E-state index contributed by atoms with van der Waals surface area (Å²) in [5.74, 6) is -0.529. The zero-order valence-electron chi connectivity index (χ0n) is 9.38. The highest BCUT2D eigenvalue weighted by atomic mass is 32.2. The molecule has 0 N–H and O–H groups in total. The van der Waals surface area contributed by atoms with E-state index in [1.165, 1.54) is 11.1 Å². The minimum Gasteiger partial charge on any atom is -0.382 e. The highest BCUT2D eigenvalue weighted by molar-refractivity contribution is 7.95. The van der Waals surface area contributed by atoms with Crippen molar-refractivity contribution >= 4 is 9.84 Å². The molecule has 0 aliphatic carbocycles. The number of benzene rings is 1. The smallest absolute Gasteiger partial charge is 0.218 e. The summed E-state index contributed by atoms with van der Waals surface area (Å²) in [7, 11) is -0.654. The molecule has 0 unspecified atom stereocenters. The normalized spacial score (nSPS) is 12.0. The van der Waals surface area contributed by atoms with Gasteiger partial charge in [-0.05, 0) is 24.3 Å². The molecule has 1 aromatic carbocycles. The van der Waals surface area contributed by atoms with E-state index in [9.17, 15) is 12.8 Å². The number of halogens is 1. The first-order valence-corrected chi connectivity index (χ1v) is 6.15. The van der Waals surface area contributed by atoms with E-state index in [1.54, 1.807) is 20.2 Å². The van der Waals surface area contributed by atoms with Gasteiger partial charge in [-0.2, -0.15) is 5.26 Å². The Morgan fingerprint density at radius 1 is 1.35 bits per heavy atom. The molecule has 4 nitrogen and oxygen atoms in total. The van der Waals surface area contributed by atoms with Gasteiger partial charge in [0.05, 0.1) is 4.90 Å². The largest absolute Gasteiger partial charge is 0.382 e. The minimum atomic E-state index is -3.87. The number of allylic oxidation sites excluding steroid dienone is 1. The molecule has 0 fully saturated rings. The standard InChI is InChI=1S/C11H11FN2O2S/c1-14(2)8-11(7-13)17(15,16)10-5-3-9(12)4-6-10/h3-6,8H,1-2H3/b11-8-. The van der Waals surface area contributed by atoms with E-state index >= 15 is 0 Å². The van der Waals surface area contributed by atoms with Gasteiger partial charge >= 0.3 is 0 Å². The molecule has 0 radical (unpaired) electrons. The number of hydrogen-bond donors (Lipinski definition) is 0.